The molecular formula is C13H19BrOS. The Labute approximate surface area is 110 Å². The number of Topliss-reactive ketones (excluding diaryl/α,β-unsaturated/α-hetero) is 1. The van der Waals surface area contributed by atoms with Crippen LogP contribution in [0.25, 0.3) is 0 Å². The summed E-state index contributed by atoms with van der Waals surface area (Å²) in [4.78, 5) is 12.8. The van der Waals surface area contributed by atoms with Gasteiger partial charge in [-0.3, -0.25) is 4.79 Å². The molecule has 90 valence electrons. The molecule has 16 heavy (non-hydrogen) atoms. The summed E-state index contributed by atoms with van der Waals surface area (Å²) in [5.74, 6) is 0.380. The first-order valence-electron chi connectivity index (χ1n) is 5.97. The van der Waals surface area contributed by atoms with Gasteiger partial charge in [-0.05, 0) is 28.4 Å². The summed E-state index contributed by atoms with van der Waals surface area (Å²) >= 11 is 5.06. The van der Waals surface area contributed by atoms with E-state index in [2.05, 4.69) is 22.9 Å². The Bertz CT molecular complexity index is 319. The second kappa shape index (κ2) is 8.02. The van der Waals surface area contributed by atoms with E-state index >= 15 is 0 Å². The SMILES string of the molecule is CCCCCCCC(=O)Cc1cc(Br)cs1. The monoisotopic (exact) mass is 302 g/mol. The summed E-state index contributed by atoms with van der Waals surface area (Å²) in [6, 6.07) is 2.04. The summed E-state index contributed by atoms with van der Waals surface area (Å²) in [6.45, 7) is 2.21. The number of carbonyl (C=O) groups is 1. The molecule has 0 atom stereocenters. The molecule has 0 aliphatic heterocycles. The maximum absolute atomic E-state index is 11.6. The average molecular weight is 303 g/mol. The van der Waals surface area contributed by atoms with Crippen LogP contribution in [0.3, 0.4) is 0 Å². The van der Waals surface area contributed by atoms with Gasteiger partial charge in [-0.25, -0.2) is 0 Å². The van der Waals surface area contributed by atoms with Crippen LogP contribution in [0, 0.1) is 0 Å². The molecule has 0 N–H and O–H groups in total. The number of thiophene rings is 1. The van der Waals surface area contributed by atoms with E-state index < -0.39 is 0 Å². The van der Waals surface area contributed by atoms with Crippen molar-refractivity contribution < 1.29 is 4.79 Å². The molecule has 1 aromatic rings. The Balaban J connectivity index is 2.11. The Kier molecular flexibility index (Phi) is 6.97. The van der Waals surface area contributed by atoms with E-state index in [9.17, 15) is 4.79 Å². The Morgan fingerprint density at radius 2 is 2.06 bits per heavy atom. The lowest BCUT2D eigenvalue weighted by atomic mass is 10.1. The van der Waals surface area contributed by atoms with Crippen molar-refractivity contribution in [2.24, 2.45) is 0 Å². The molecule has 0 fully saturated rings. The molecule has 0 spiro atoms. The van der Waals surface area contributed by atoms with Crippen molar-refractivity contribution in [1.29, 1.82) is 0 Å². The van der Waals surface area contributed by atoms with Crippen molar-refractivity contribution in [2.75, 3.05) is 0 Å². The lowest BCUT2D eigenvalue weighted by Crippen LogP contribution is -2.00. The molecule has 1 rings (SSSR count). The normalized spacial score (nSPS) is 10.6. The fraction of sp³-hybridized carbons (Fsp3) is 0.615. The second-order valence-corrected chi connectivity index (χ2v) is 6.02. The molecule has 1 nitrogen and oxygen atoms in total. The first-order chi connectivity index (χ1) is 7.72. The van der Waals surface area contributed by atoms with Crippen molar-refractivity contribution in [3.63, 3.8) is 0 Å². The highest BCUT2D eigenvalue weighted by atomic mass is 79.9. The molecule has 1 heterocycles. The molecule has 0 bridgehead atoms. The first-order valence-corrected chi connectivity index (χ1v) is 7.64. The van der Waals surface area contributed by atoms with Crippen molar-refractivity contribution in [1.82, 2.24) is 0 Å². The van der Waals surface area contributed by atoms with E-state index in [1.54, 1.807) is 11.3 Å². The van der Waals surface area contributed by atoms with Crippen LogP contribution in [0.5, 0.6) is 0 Å². The van der Waals surface area contributed by atoms with E-state index in [0.29, 0.717) is 12.2 Å². The van der Waals surface area contributed by atoms with Gasteiger partial charge in [0.1, 0.15) is 5.78 Å². The smallest absolute Gasteiger partial charge is 0.138 e. The van der Waals surface area contributed by atoms with Gasteiger partial charge in [-0.15, -0.1) is 11.3 Å². The molecule has 1 aromatic heterocycles. The van der Waals surface area contributed by atoms with Gasteiger partial charge in [0.15, 0.2) is 0 Å². The lowest BCUT2D eigenvalue weighted by Gasteiger charge is -1.99. The molecule has 0 amide bonds. The minimum Gasteiger partial charge on any atom is -0.299 e. The van der Waals surface area contributed by atoms with E-state index in [4.69, 9.17) is 0 Å². The Hall–Kier alpha value is -0.150. The maximum atomic E-state index is 11.6. The summed E-state index contributed by atoms with van der Waals surface area (Å²) in [7, 11) is 0. The van der Waals surface area contributed by atoms with Crippen LogP contribution in [0.15, 0.2) is 15.9 Å². The second-order valence-electron chi connectivity index (χ2n) is 4.11. The van der Waals surface area contributed by atoms with Crippen LogP contribution >= 0.6 is 27.3 Å². The molecule has 3 heteroatoms. The topological polar surface area (TPSA) is 17.1 Å². The average Bonchev–Trinajstić information content (AvgIpc) is 2.63. The van der Waals surface area contributed by atoms with E-state index in [0.717, 1.165) is 17.3 Å². The van der Waals surface area contributed by atoms with Crippen LogP contribution in [0.2, 0.25) is 0 Å². The Morgan fingerprint density at radius 3 is 2.69 bits per heavy atom. The zero-order valence-electron chi connectivity index (χ0n) is 9.80. The maximum Gasteiger partial charge on any atom is 0.138 e. The van der Waals surface area contributed by atoms with E-state index in [1.165, 1.54) is 30.6 Å². The molecular weight excluding hydrogens is 284 g/mol. The fourth-order valence-electron chi connectivity index (χ4n) is 1.65. The first kappa shape index (κ1) is 13.9. The molecule has 0 saturated heterocycles. The van der Waals surface area contributed by atoms with Gasteiger partial charge >= 0.3 is 0 Å². The highest BCUT2D eigenvalue weighted by Gasteiger charge is 2.05. The molecule has 0 aliphatic carbocycles. The minimum absolute atomic E-state index is 0.380. The third-order valence-corrected chi connectivity index (χ3v) is 4.25. The Morgan fingerprint density at radius 1 is 1.31 bits per heavy atom. The fourth-order valence-corrected chi connectivity index (χ4v) is 3.13. The molecule has 0 saturated carbocycles. The standard InChI is InChI=1S/C13H19BrOS/c1-2-3-4-5-6-7-12(15)9-13-8-11(14)10-16-13/h8,10H,2-7,9H2,1H3. The van der Waals surface area contributed by atoms with Crippen LogP contribution in [0.1, 0.15) is 50.3 Å². The summed E-state index contributed by atoms with van der Waals surface area (Å²) in [5.41, 5.74) is 0. The highest BCUT2D eigenvalue weighted by molar-refractivity contribution is 9.10. The van der Waals surface area contributed by atoms with Gasteiger partial charge in [0.05, 0.1) is 0 Å². The van der Waals surface area contributed by atoms with E-state index in [1.807, 2.05) is 11.4 Å². The van der Waals surface area contributed by atoms with Gasteiger partial charge < -0.3 is 0 Å². The number of unbranched alkanes of at least 4 members (excludes halogenated alkanes) is 4. The summed E-state index contributed by atoms with van der Waals surface area (Å²) in [5, 5.41) is 2.03. The van der Waals surface area contributed by atoms with Crippen LogP contribution in [-0.4, -0.2) is 5.78 Å². The lowest BCUT2D eigenvalue weighted by molar-refractivity contribution is -0.118. The quantitative estimate of drug-likeness (QED) is 0.619. The third-order valence-electron chi connectivity index (χ3n) is 2.55. The van der Waals surface area contributed by atoms with Gasteiger partial charge in [0, 0.05) is 27.6 Å². The van der Waals surface area contributed by atoms with Crippen molar-refractivity contribution >= 4 is 33.0 Å². The largest absolute Gasteiger partial charge is 0.299 e. The van der Waals surface area contributed by atoms with Crippen LogP contribution in [-0.2, 0) is 11.2 Å². The summed E-state index contributed by atoms with van der Waals surface area (Å²) in [6.07, 6.45) is 7.46. The van der Waals surface area contributed by atoms with Crippen molar-refractivity contribution in [3.8, 4) is 0 Å². The number of halogens is 1. The molecule has 0 aliphatic rings. The number of carbonyl (C=O) groups excluding carboxylic acids is 1. The van der Waals surface area contributed by atoms with Crippen LogP contribution in [0.4, 0.5) is 0 Å². The van der Waals surface area contributed by atoms with Crippen LogP contribution < -0.4 is 0 Å². The van der Waals surface area contributed by atoms with Gasteiger partial charge in [0.2, 0.25) is 0 Å². The zero-order chi connectivity index (χ0) is 11.8. The van der Waals surface area contributed by atoms with Crippen molar-refractivity contribution in [3.05, 3.63) is 20.8 Å². The minimum atomic E-state index is 0.380. The summed E-state index contributed by atoms with van der Waals surface area (Å²) < 4.78 is 1.09. The molecule has 0 radical (unpaired) electrons. The number of rotatable bonds is 8. The highest BCUT2D eigenvalue weighted by Crippen LogP contribution is 2.20. The van der Waals surface area contributed by atoms with Gasteiger partial charge in [0.25, 0.3) is 0 Å². The number of hydrogen-bond donors (Lipinski definition) is 0. The predicted octanol–water partition coefficient (Wildman–Crippen LogP) is 4.98. The number of ketones is 1. The predicted molar refractivity (Wildman–Crippen MR) is 74.1 cm³/mol. The molecule has 0 unspecified atom stereocenters. The number of hydrogen-bond acceptors (Lipinski definition) is 2. The molecule has 0 aromatic carbocycles. The zero-order valence-corrected chi connectivity index (χ0v) is 12.2. The van der Waals surface area contributed by atoms with Crippen molar-refractivity contribution in [2.45, 2.75) is 51.9 Å². The van der Waals surface area contributed by atoms with E-state index in [-0.39, 0.29) is 0 Å². The van der Waals surface area contributed by atoms with Gasteiger partial charge in [-0.2, -0.15) is 0 Å². The van der Waals surface area contributed by atoms with Gasteiger partial charge in [-0.1, -0.05) is 32.6 Å². The third kappa shape index (κ3) is 5.80.